The van der Waals surface area contributed by atoms with Gasteiger partial charge in [-0.3, -0.25) is 0 Å². The molecule has 9 aromatic carbocycles. The Kier molecular flexibility index (Phi) is 7.27. The predicted octanol–water partition coefficient (Wildman–Crippen LogP) is 15.8. The zero-order valence-electron chi connectivity index (χ0n) is 31.9. The van der Waals surface area contributed by atoms with Gasteiger partial charge >= 0.3 is 0 Å². The lowest BCUT2D eigenvalue weighted by Gasteiger charge is -2.28. The maximum absolute atomic E-state index is 6.47. The van der Waals surface area contributed by atoms with Crippen molar-refractivity contribution in [1.82, 2.24) is 0 Å². The van der Waals surface area contributed by atoms with Crippen molar-refractivity contribution in [2.24, 2.45) is 5.92 Å². The molecule has 1 aliphatic rings. The van der Waals surface area contributed by atoms with Gasteiger partial charge in [0.1, 0.15) is 22.5 Å². The molecule has 0 saturated heterocycles. The van der Waals surface area contributed by atoms with E-state index >= 15 is 0 Å². The summed E-state index contributed by atoms with van der Waals surface area (Å²) in [6, 6.07) is 63.7. The van der Waals surface area contributed by atoms with Crippen molar-refractivity contribution in [3.05, 3.63) is 193 Å². The minimum Gasteiger partial charge on any atom is -0.460 e. The summed E-state index contributed by atoms with van der Waals surface area (Å²) in [4.78, 5) is 2.40. The third-order valence-electron chi connectivity index (χ3n) is 12.2. The van der Waals surface area contributed by atoms with Gasteiger partial charge in [-0.1, -0.05) is 146 Å². The molecule has 1 unspecified atom stereocenters. The molecule has 2 aromatic heterocycles. The minimum atomic E-state index is 0.450. The van der Waals surface area contributed by atoms with Crippen LogP contribution in [-0.2, 0) is 6.42 Å². The Balaban J connectivity index is 1.11. The summed E-state index contributed by atoms with van der Waals surface area (Å²) >= 11 is 0. The Hall–Kier alpha value is -7.36. The molecule has 0 spiro atoms. The van der Waals surface area contributed by atoms with Crippen LogP contribution in [0, 0.1) is 5.92 Å². The van der Waals surface area contributed by atoms with Gasteiger partial charge in [0, 0.05) is 34.1 Å². The Bertz CT molecular complexity index is 3460. The summed E-state index contributed by atoms with van der Waals surface area (Å²) in [6.07, 6.45) is 5.44. The van der Waals surface area contributed by atoms with E-state index in [-0.39, 0.29) is 0 Å². The second-order valence-corrected chi connectivity index (χ2v) is 15.7. The number of nitrogens with zero attached hydrogens (tertiary/aromatic N) is 1. The summed E-state index contributed by atoms with van der Waals surface area (Å²) < 4.78 is 12.9. The standard InChI is InChI=1S/C55H37NO2/c1-34-21-25-46-49-33-38(24-30-52(49)58-54(46)31-34)56(50-18-10-20-53-55(50)47-15-7-8-19-51(47)57-53)37-23-27-45(48(32-37)35-11-3-2-4-12-35)41-17-9-16-40-43-26-22-36-13-5-6-14-39(36)42(43)28-29-44(40)41/h2-30,32-34H,31H2,1H3. The third-order valence-corrected chi connectivity index (χ3v) is 12.2. The fourth-order valence-corrected chi connectivity index (χ4v) is 9.47. The van der Waals surface area contributed by atoms with E-state index in [1.54, 1.807) is 0 Å². The number of hydrogen-bond acceptors (Lipinski definition) is 3. The summed E-state index contributed by atoms with van der Waals surface area (Å²) in [6.45, 7) is 2.24. The first-order valence-corrected chi connectivity index (χ1v) is 20.1. The van der Waals surface area contributed by atoms with Crippen LogP contribution in [0.4, 0.5) is 17.1 Å². The Morgan fingerprint density at radius 1 is 0.466 bits per heavy atom. The smallest absolute Gasteiger partial charge is 0.137 e. The van der Waals surface area contributed by atoms with Crippen LogP contribution in [-0.4, -0.2) is 0 Å². The lowest BCUT2D eigenvalue weighted by Crippen LogP contribution is -2.10. The average Bonchev–Trinajstić information content (AvgIpc) is 3.84. The lowest BCUT2D eigenvalue weighted by atomic mass is 9.89. The first-order valence-electron chi connectivity index (χ1n) is 20.1. The highest BCUT2D eigenvalue weighted by atomic mass is 16.3. The summed E-state index contributed by atoms with van der Waals surface area (Å²) in [5.74, 6) is 1.51. The van der Waals surface area contributed by atoms with Crippen molar-refractivity contribution >= 4 is 88.4 Å². The SMILES string of the molecule is CC1C=Cc2c(oc3ccc(N(c4ccc(-c5cccc6c5ccc5c7ccccc7ccc65)c(-c5ccccc5)c4)c4cccc5oc6ccccc6c45)cc23)C1. The number of hydrogen-bond donors (Lipinski definition) is 0. The van der Waals surface area contributed by atoms with Crippen molar-refractivity contribution in [3.63, 3.8) is 0 Å². The van der Waals surface area contributed by atoms with Crippen LogP contribution in [0.5, 0.6) is 0 Å². The number of para-hydroxylation sites is 1. The van der Waals surface area contributed by atoms with Crippen LogP contribution in [0.15, 0.2) is 191 Å². The average molecular weight is 744 g/mol. The highest BCUT2D eigenvalue weighted by Crippen LogP contribution is 2.47. The Morgan fingerprint density at radius 3 is 2.09 bits per heavy atom. The van der Waals surface area contributed by atoms with Crippen LogP contribution >= 0.6 is 0 Å². The van der Waals surface area contributed by atoms with Crippen LogP contribution in [0.3, 0.4) is 0 Å². The van der Waals surface area contributed by atoms with Gasteiger partial charge in [0.25, 0.3) is 0 Å². The van der Waals surface area contributed by atoms with Crippen molar-refractivity contribution in [2.45, 2.75) is 13.3 Å². The Labute approximate surface area is 335 Å². The number of fused-ring (bicyclic) bond motifs is 11. The maximum Gasteiger partial charge on any atom is 0.137 e. The monoisotopic (exact) mass is 743 g/mol. The number of anilines is 3. The highest BCUT2D eigenvalue weighted by Gasteiger charge is 2.24. The topological polar surface area (TPSA) is 29.5 Å². The van der Waals surface area contributed by atoms with Crippen LogP contribution in [0.1, 0.15) is 18.2 Å². The largest absolute Gasteiger partial charge is 0.460 e. The molecular weight excluding hydrogens is 707 g/mol. The second kappa shape index (κ2) is 12.8. The van der Waals surface area contributed by atoms with Gasteiger partial charge in [0.2, 0.25) is 0 Å². The quantitative estimate of drug-likeness (QED) is 0.164. The lowest BCUT2D eigenvalue weighted by molar-refractivity contribution is 0.513. The zero-order valence-corrected chi connectivity index (χ0v) is 31.9. The summed E-state index contributed by atoms with van der Waals surface area (Å²) in [7, 11) is 0. The van der Waals surface area contributed by atoms with Gasteiger partial charge in [-0.25, -0.2) is 0 Å². The molecule has 274 valence electrons. The van der Waals surface area contributed by atoms with E-state index in [2.05, 4.69) is 194 Å². The van der Waals surface area contributed by atoms with Gasteiger partial charge in [0.05, 0.1) is 11.1 Å². The second-order valence-electron chi connectivity index (χ2n) is 15.7. The fourth-order valence-electron chi connectivity index (χ4n) is 9.47. The highest BCUT2D eigenvalue weighted by molar-refractivity contribution is 6.20. The molecule has 3 heteroatoms. The van der Waals surface area contributed by atoms with E-state index in [0.717, 1.165) is 73.3 Å². The zero-order chi connectivity index (χ0) is 38.3. The third kappa shape index (κ3) is 5.06. The summed E-state index contributed by atoms with van der Waals surface area (Å²) in [5, 5.41) is 10.9. The van der Waals surface area contributed by atoms with E-state index in [9.17, 15) is 0 Å². The molecule has 1 atom stereocenters. The normalized spacial score (nSPS) is 14.0. The molecule has 0 saturated carbocycles. The molecule has 0 amide bonds. The number of furan rings is 2. The van der Waals surface area contributed by atoms with Crippen molar-refractivity contribution < 1.29 is 8.83 Å². The van der Waals surface area contributed by atoms with E-state index in [1.165, 1.54) is 49.0 Å². The molecule has 0 fully saturated rings. The molecule has 11 aromatic rings. The molecule has 0 radical (unpaired) electrons. The van der Waals surface area contributed by atoms with Gasteiger partial charge in [-0.2, -0.15) is 0 Å². The van der Waals surface area contributed by atoms with E-state index in [4.69, 9.17) is 8.83 Å². The van der Waals surface area contributed by atoms with Crippen molar-refractivity contribution in [1.29, 1.82) is 0 Å². The molecular formula is C55H37NO2. The molecule has 58 heavy (non-hydrogen) atoms. The number of allylic oxidation sites excluding steroid dienone is 1. The van der Waals surface area contributed by atoms with E-state index in [1.807, 2.05) is 6.07 Å². The molecule has 0 aliphatic heterocycles. The Morgan fingerprint density at radius 2 is 1.16 bits per heavy atom. The minimum absolute atomic E-state index is 0.450. The number of benzene rings is 9. The van der Waals surface area contributed by atoms with Gasteiger partial charge in [-0.15, -0.1) is 0 Å². The van der Waals surface area contributed by atoms with Crippen LogP contribution < -0.4 is 4.90 Å². The van der Waals surface area contributed by atoms with Crippen molar-refractivity contribution in [3.8, 4) is 22.3 Å². The first-order chi connectivity index (χ1) is 28.7. The predicted molar refractivity (Wildman–Crippen MR) is 243 cm³/mol. The van der Waals surface area contributed by atoms with Crippen LogP contribution in [0.25, 0.3) is 93.6 Å². The molecule has 3 nitrogen and oxygen atoms in total. The van der Waals surface area contributed by atoms with Gasteiger partial charge in [-0.05, 0) is 109 Å². The van der Waals surface area contributed by atoms with E-state index < -0.39 is 0 Å². The summed E-state index contributed by atoms with van der Waals surface area (Å²) in [5.41, 5.74) is 11.7. The fraction of sp³-hybridized carbons (Fsp3) is 0.0545. The maximum atomic E-state index is 6.47. The molecule has 0 N–H and O–H groups in total. The van der Waals surface area contributed by atoms with Gasteiger partial charge in [0.15, 0.2) is 0 Å². The molecule has 12 rings (SSSR count). The van der Waals surface area contributed by atoms with Crippen molar-refractivity contribution in [2.75, 3.05) is 4.90 Å². The van der Waals surface area contributed by atoms with Crippen LogP contribution in [0.2, 0.25) is 0 Å². The first kappa shape index (κ1) is 32.8. The van der Waals surface area contributed by atoms with E-state index in [0.29, 0.717) is 5.92 Å². The molecule has 0 bridgehead atoms. The number of rotatable bonds is 5. The molecule has 2 heterocycles. The van der Waals surface area contributed by atoms with Gasteiger partial charge < -0.3 is 13.7 Å². The molecule has 1 aliphatic carbocycles.